The number of aliphatic hydroxyl groups excluding tert-OH is 1. The zero-order valence-electron chi connectivity index (χ0n) is 7.82. The average molecular weight is 211 g/mol. The van der Waals surface area contributed by atoms with Crippen LogP contribution >= 0.6 is 0 Å². The van der Waals surface area contributed by atoms with E-state index < -0.39 is 10.0 Å². The maximum absolute atomic E-state index is 11.1. The monoisotopic (exact) mass is 211 g/mol. The fourth-order valence-electron chi connectivity index (χ4n) is 0.730. The number of methoxy groups -OCH3 is 1. The van der Waals surface area contributed by atoms with Gasteiger partial charge in [-0.2, -0.15) is 0 Å². The second kappa shape index (κ2) is 7.25. The van der Waals surface area contributed by atoms with Gasteiger partial charge >= 0.3 is 0 Å². The molecular weight excluding hydrogens is 194 g/mol. The van der Waals surface area contributed by atoms with E-state index in [-0.39, 0.29) is 19.0 Å². The van der Waals surface area contributed by atoms with Crippen molar-refractivity contribution < 1.29 is 18.3 Å². The van der Waals surface area contributed by atoms with Gasteiger partial charge in [-0.05, 0) is 12.8 Å². The van der Waals surface area contributed by atoms with Crippen LogP contribution in [-0.2, 0) is 14.8 Å². The zero-order valence-corrected chi connectivity index (χ0v) is 8.64. The molecule has 0 aliphatic heterocycles. The van der Waals surface area contributed by atoms with Crippen molar-refractivity contribution in [3.05, 3.63) is 0 Å². The highest BCUT2D eigenvalue weighted by atomic mass is 32.2. The second-order valence-electron chi connectivity index (χ2n) is 2.64. The summed E-state index contributed by atoms with van der Waals surface area (Å²) in [5, 5.41) is 8.44. The van der Waals surface area contributed by atoms with Gasteiger partial charge in [-0.1, -0.05) is 0 Å². The molecule has 6 heteroatoms. The number of nitrogens with one attached hydrogen (secondary N) is 1. The highest BCUT2D eigenvalue weighted by Crippen LogP contribution is 1.88. The Morgan fingerprint density at radius 1 is 1.38 bits per heavy atom. The summed E-state index contributed by atoms with van der Waals surface area (Å²) in [4.78, 5) is 0. The molecule has 0 atom stereocenters. The van der Waals surface area contributed by atoms with E-state index in [9.17, 15) is 8.42 Å². The van der Waals surface area contributed by atoms with Gasteiger partial charge in [0.2, 0.25) is 10.0 Å². The lowest BCUT2D eigenvalue weighted by molar-refractivity contribution is 0.217. The Hall–Kier alpha value is -0.170. The van der Waals surface area contributed by atoms with Crippen molar-refractivity contribution in [1.29, 1.82) is 0 Å². The SMILES string of the molecule is COCCS(=O)(=O)NCCCCO. The minimum atomic E-state index is -3.18. The largest absolute Gasteiger partial charge is 0.396 e. The lowest BCUT2D eigenvalue weighted by Crippen LogP contribution is -2.29. The van der Waals surface area contributed by atoms with Gasteiger partial charge in [0.15, 0.2) is 0 Å². The van der Waals surface area contributed by atoms with E-state index in [2.05, 4.69) is 9.46 Å². The molecule has 0 unspecified atom stereocenters. The Morgan fingerprint density at radius 3 is 2.62 bits per heavy atom. The fourth-order valence-corrected chi connectivity index (χ4v) is 1.72. The third kappa shape index (κ3) is 8.17. The van der Waals surface area contributed by atoms with Gasteiger partial charge in [-0.3, -0.25) is 0 Å². The summed E-state index contributed by atoms with van der Waals surface area (Å²) in [6.07, 6.45) is 1.27. The maximum Gasteiger partial charge on any atom is 0.213 e. The highest BCUT2D eigenvalue weighted by Gasteiger charge is 2.07. The number of sulfonamides is 1. The molecule has 0 aromatic heterocycles. The third-order valence-electron chi connectivity index (χ3n) is 1.46. The second-order valence-corrected chi connectivity index (χ2v) is 4.56. The molecule has 0 radical (unpaired) electrons. The Labute approximate surface area is 79.1 Å². The van der Waals surface area contributed by atoms with Crippen LogP contribution in [0.2, 0.25) is 0 Å². The Bertz CT molecular complexity index is 203. The van der Waals surface area contributed by atoms with Crippen LogP contribution < -0.4 is 4.72 Å². The van der Waals surface area contributed by atoms with E-state index in [1.54, 1.807) is 0 Å². The molecule has 2 N–H and O–H groups in total. The van der Waals surface area contributed by atoms with Crippen LogP contribution in [0, 0.1) is 0 Å². The summed E-state index contributed by atoms with van der Waals surface area (Å²) in [6, 6.07) is 0. The number of hydrogen-bond acceptors (Lipinski definition) is 4. The number of ether oxygens (including phenoxy) is 1. The lowest BCUT2D eigenvalue weighted by Gasteiger charge is -2.04. The van der Waals surface area contributed by atoms with Crippen molar-refractivity contribution >= 4 is 10.0 Å². The summed E-state index contributed by atoms with van der Waals surface area (Å²) in [5.74, 6) is -0.0113. The fraction of sp³-hybridized carbons (Fsp3) is 1.00. The van der Waals surface area contributed by atoms with Gasteiger partial charge in [0, 0.05) is 20.3 Å². The van der Waals surface area contributed by atoms with Crippen LogP contribution in [0.25, 0.3) is 0 Å². The Balaban J connectivity index is 3.52. The third-order valence-corrected chi connectivity index (χ3v) is 2.81. The van der Waals surface area contributed by atoms with Crippen molar-refractivity contribution in [3.8, 4) is 0 Å². The molecule has 0 fully saturated rings. The molecule has 0 saturated carbocycles. The summed E-state index contributed by atoms with van der Waals surface area (Å²) in [6.45, 7) is 0.682. The first-order valence-electron chi connectivity index (χ1n) is 4.19. The molecule has 13 heavy (non-hydrogen) atoms. The van der Waals surface area contributed by atoms with Crippen molar-refractivity contribution in [1.82, 2.24) is 4.72 Å². The van der Waals surface area contributed by atoms with Gasteiger partial charge in [-0.25, -0.2) is 13.1 Å². The topological polar surface area (TPSA) is 75.6 Å². The van der Waals surface area contributed by atoms with Gasteiger partial charge < -0.3 is 9.84 Å². The predicted octanol–water partition coefficient (Wildman–Crippen LogP) is -0.675. The molecule has 80 valence electrons. The van der Waals surface area contributed by atoms with Crippen molar-refractivity contribution in [3.63, 3.8) is 0 Å². The van der Waals surface area contributed by atoms with Crippen LogP contribution in [0.3, 0.4) is 0 Å². The van der Waals surface area contributed by atoms with Gasteiger partial charge in [0.05, 0.1) is 12.4 Å². The standard InChI is InChI=1S/C7H17NO4S/c1-12-6-7-13(10,11)8-4-2-3-5-9/h8-9H,2-7H2,1H3. The molecule has 0 heterocycles. The van der Waals surface area contributed by atoms with Gasteiger partial charge in [-0.15, -0.1) is 0 Å². The first-order valence-corrected chi connectivity index (χ1v) is 5.85. The van der Waals surface area contributed by atoms with E-state index in [1.807, 2.05) is 0 Å². The minimum absolute atomic E-state index is 0.0113. The molecule has 0 aromatic carbocycles. The number of aliphatic hydroxyl groups is 1. The van der Waals surface area contributed by atoms with E-state index in [0.29, 0.717) is 19.4 Å². The minimum Gasteiger partial charge on any atom is -0.396 e. The molecule has 0 aliphatic rings. The smallest absolute Gasteiger partial charge is 0.213 e. The Morgan fingerprint density at radius 2 is 2.08 bits per heavy atom. The van der Waals surface area contributed by atoms with Crippen LogP contribution in [0.4, 0.5) is 0 Å². The quantitative estimate of drug-likeness (QED) is 0.522. The molecular formula is C7H17NO4S. The van der Waals surface area contributed by atoms with Gasteiger partial charge in [0.25, 0.3) is 0 Å². The predicted molar refractivity (Wildman–Crippen MR) is 50.0 cm³/mol. The zero-order chi connectivity index (χ0) is 10.2. The van der Waals surface area contributed by atoms with Crippen LogP contribution in [-0.4, -0.2) is 46.1 Å². The molecule has 0 amide bonds. The van der Waals surface area contributed by atoms with Gasteiger partial charge in [0.1, 0.15) is 0 Å². The molecule has 0 aliphatic carbocycles. The first-order chi connectivity index (χ1) is 6.12. The molecule has 0 saturated heterocycles. The molecule has 5 nitrogen and oxygen atoms in total. The van der Waals surface area contributed by atoms with E-state index in [4.69, 9.17) is 5.11 Å². The highest BCUT2D eigenvalue weighted by molar-refractivity contribution is 7.89. The Kier molecular flexibility index (Phi) is 7.16. The van der Waals surface area contributed by atoms with Crippen molar-refractivity contribution in [2.24, 2.45) is 0 Å². The van der Waals surface area contributed by atoms with Crippen LogP contribution in [0.1, 0.15) is 12.8 Å². The maximum atomic E-state index is 11.1. The van der Waals surface area contributed by atoms with Crippen LogP contribution in [0.5, 0.6) is 0 Å². The average Bonchev–Trinajstić information content (AvgIpc) is 2.09. The normalized spacial score (nSPS) is 11.8. The van der Waals surface area contributed by atoms with E-state index in [0.717, 1.165) is 0 Å². The number of rotatable bonds is 8. The lowest BCUT2D eigenvalue weighted by atomic mass is 10.3. The molecule has 0 bridgehead atoms. The van der Waals surface area contributed by atoms with Crippen molar-refractivity contribution in [2.45, 2.75) is 12.8 Å². The summed E-state index contributed by atoms with van der Waals surface area (Å²) < 4.78 is 29.3. The van der Waals surface area contributed by atoms with E-state index >= 15 is 0 Å². The number of hydrogen-bond donors (Lipinski definition) is 2. The summed E-state index contributed by atoms with van der Waals surface area (Å²) in [5.41, 5.74) is 0. The molecule has 0 spiro atoms. The van der Waals surface area contributed by atoms with Crippen LogP contribution in [0.15, 0.2) is 0 Å². The number of unbranched alkanes of at least 4 members (excludes halogenated alkanes) is 1. The molecule has 0 rings (SSSR count). The van der Waals surface area contributed by atoms with Crippen molar-refractivity contribution in [2.75, 3.05) is 32.6 Å². The molecule has 0 aromatic rings. The summed E-state index contributed by atoms with van der Waals surface area (Å²) >= 11 is 0. The summed E-state index contributed by atoms with van der Waals surface area (Å²) in [7, 11) is -1.72. The van der Waals surface area contributed by atoms with E-state index in [1.165, 1.54) is 7.11 Å². The first kappa shape index (κ1) is 12.8.